The quantitative estimate of drug-likeness (QED) is 0.550. The molecule has 78 valence electrons. The molecule has 0 spiro atoms. The van der Waals surface area contributed by atoms with E-state index in [4.69, 9.17) is 0 Å². The summed E-state index contributed by atoms with van der Waals surface area (Å²) in [4.78, 5) is 24.0. The molecule has 0 saturated carbocycles. The number of nitrogens with zero attached hydrogens (tertiary/aromatic N) is 1. The number of halogens is 2. The first-order chi connectivity index (χ1) is 7.08. The summed E-state index contributed by atoms with van der Waals surface area (Å²) in [5, 5.41) is 2.49. The number of benzene rings is 1. The fourth-order valence-corrected chi connectivity index (χ4v) is 3.26. The smallest absolute Gasteiger partial charge is 0.328 e. The molecule has 1 aliphatic heterocycles. The maximum Gasteiger partial charge on any atom is 0.329 e. The number of rotatable bonds is 1. The number of hydrogen-bond donors (Lipinski definition) is 1. The number of nitrogens with one attached hydrogen (secondary N) is 1. The van der Waals surface area contributed by atoms with E-state index in [-0.39, 0.29) is 18.5 Å². The molecule has 0 unspecified atom stereocenters. The van der Waals surface area contributed by atoms with Crippen LogP contribution in [0.15, 0.2) is 18.2 Å². The van der Waals surface area contributed by atoms with Gasteiger partial charge in [-0.3, -0.25) is 4.79 Å². The Balaban J connectivity index is 2.44. The molecule has 0 bridgehead atoms. The zero-order valence-electron chi connectivity index (χ0n) is 7.46. The van der Waals surface area contributed by atoms with E-state index in [0.29, 0.717) is 5.69 Å². The summed E-state index contributed by atoms with van der Waals surface area (Å²) in [5.41, 5.74) is 0.631. The highest BCUT2D eigenvalue weighted by molar-refractivity contribution is 14.1. The van der Waals surface area contributed by atoms with Crippen molar-refractivity contribution in [1.29, 1.82) is 0 Å². The predicted molar refractivity (Wildman–Crippen MR) is 72.8 cm³/mol. The van der Waals surface area contributed by atoms with Crippen molar-refractivity contribution in [2.45, 2.75) is 0 Å². The normalized spacial score (nSPS) is 15.7. The van der Waals surface area contributed by atoms with Gasteiger partial charge in [0.25, 0.3) is 5.91 Å². The van der Waals surface area contributed by atoms with Gasteiger partial charge in [0.1, 0.15) is 0 Å². The largest absolute Gasteiger partial charge is 0.329 e. The zero-order chi connectivity index (χ0) is 11.0. The van der Waals surface area contributed by atoms with Gasteiger partial charge >= 0.3 is 6.03 Å². The number of imide groups is 1. The fourth-order valence-electron chi connectivity index (χ4n) is 1.35. The van der Waals surface area contributed by atoms with Gasteiger partial charge in [-0.25, -0.2) is 9.69 Å². The van der Waals surface area contributed by atoms with E-state index < -0.39 is 0 Å². The van der Waals surface area contributed by atoms with Gasteiger partial charge in [-0.1, -0.05) is 0 Å². The van der Waals surface area contributed by atoms with Crippen LogP contribution in [0, 0.1) is 7.14 Å². The van der Waals surface area contributed by atoms with Gasteiger partial charge in [0, 0.05) is 7.14 Å². The van der Waals surface area contributed by atoms with Crippen molar-refractivity contribution in [3.63, 3.8) is 0 Å². The van der Waals surface area contributed by atoms with Gasteiger partial charge in [0.15, 0.2) is 0 Å². The summed E-state index contributed by atoms with van der Waals surface area (Å²) < 4.78 is 2.00. The lowest BCUT2D eigenvalue weighted by Gasteiger charge is -2.12. The number of carbonyl (C=O) groups excluding carboxylic acids is 2. The van der Waals surface area contributed by atoms with Crippen molar-refractivity contribution in [3.8, 4) is 0 Å². The van der Waals surface area contributed by atoms with E-state index in [9.17, 15) is 9.59 Å². The van der Waals surface area contributed by atoms with Crippen LogP contribution in [0.25, 0.3) is 0 Å². The van der Waals surface area contributed by atoms with Crippen LogP contribution < -0.4 is 10.2 Å². The summed E-state index contributed by atoms with van der Waals surface area (Å²) in [7, 11) is 0. The van der Waals surface area contributed by atoms with Gasteiger partial charge in [0.2, 0.25) is 0 Å². The highest BCUT2D eigenvalue weighted by atomic mass is 127. The Morgan fingerprint density at radius 3 is 2.20 bits per heavy atom. The van der Waals surface area contributed by atoms with E-state index in [2.05, 4.69) is 50.5 Å². The maximum absolute atomic E-state index is 11.4. The first kappa shape index (κ1) is 11.1. The Morgan fingerprint density at radius 1 is 1.13 bits per heavy atom. The molecule has 3 amide bonds. The first-order valence-electron chi connectivity index (χ1n) is 4.15. The van der Waals surface area contributed by atoms with Crippen molar-refractivity contribution < 1.29 is 9.59 Å². The fraction of sp³-hybridized carbons (Fsp3) is 0.111. The van der Waals surface area contributed by atoms with Crippen LogP contribution in [0.3, 0.4) is 0 Å². The molecule has 1 aromatic rings. The number of urea groups is 1. The molecule has 1 saturated heterocycles. The first-order valence-corrected chi connectivity index (χ1v) is 6.30. The molecule has 0 atom stereocenters. The molecular weight excluding hydrogens is 422 g/mol. The van der Waals surface area contributed by atoms with E-state index in [1.165, 1.54) is 4.90 Å². The third-order valence-corrected chi connectivity index (χ3v) is 3.19. The second-order valence-corrected chi connectivity index (χ2v) is 5.51. The Labute approximate surface area is 114 Å². The molecule has 4 nitrogen and oxygen atoms in total. The van der Waals surface area contributed by atoms with Gasteiger partial charge in [-0.15, -0.1) is 0 Å². The average Bonchev–Trinajstić information content (AvgIpc) is 2.44. The van der Waals surface area contributed by atoms with Gasteiger partial charge in [0.05, 0.1) is 12.2 Å². The Bertz CT molecular complexity index is 411. The lowest BCUT2D eigenvalue weighted by atomic mass is 10.3. The predicted octanol–water partition coefficient (Wildman–Crippen LogP) is 1.95. The van der Waals surface area contributed by atoms with Gasteiger partial charge in [-0.2, -0.15) is 0 Å². The summed E-state index contributed by atoms with van der Waals surface area (Å²) in [6.07, 6.45) is 0. The highest BCUT2D eigenvalue weighted by Gasteiger charge is 2.30. The maximum atomic E-state index is 11.4. The Hall–Kier alpha value is -0.380. The number of carbonyl (C=O) groups is 2. The standard InChI is InChI=1S/C9H6I2N2O2/c10-5-1-6(11)3-7(2-5)13-8(14)4-12-9(13)15/h1-3H,4H2,(H,12,15). The third-order valence-electron chi connectivity index (χ3n) is 1.95. The number of anilines is 1. The minimum Gasteiger partial charge on any atom is -0.328 e. The SMILES string of the molecule is O=C1CNC(=O)N1c1cc(I)cc(I)c1. The van der Waals surface area contributed by atoms with Crippen LogP contribution in [0.4, 0.5) is 10.5 Å². The summed E-state index contributed by atoms with van der Waals surface area (Å²) in [6, 6.07) is 5.25. The molecule has 0 aliphatic carbocycles. The molecule has 0 aromatic heterocycles. The molecule has 0 radical (unpaired) electrons. The van der Waals surface area contributed by atoms with E-state index in [1.807, 2.05) is 18.2 Å². The molecule has 1 N–H and O–H groups in total. The second-order valence-electron chi connectivity index (χ2n) is 3.02. The lowest BCUT2D eigenvalue weighted by Crippen LogP contribution is -2.30. The average molecular weight is 428 g/mol. The lowest BCUT2D eigenvalue weighted by molar-refractivity contribution is -0.115. The number of hydrogen-bond acceptors (Lipinski definition) is 2. The van der Waals surface area contributed by atoms with Gasteiger partial charge in [-0.05, 0) is 63.4 Å². The number of amides is 3. The van der Waals surface area contributed by atoms with Gasteiger partial charge < -0.3 is 5.32 Å². The minimum atomic E-state index is -0.349. The molecule has 15 heavy (non-hydrogen) atoms. The van der Waals surface area contributed by atoms with Crippen molar-refractivity contribution in [3.05, 3.63) is 25.3 Å². The van der Waals surface area contributed by atoms with E-state index >= 15 is 0 Å². The molecular formula is C9H6I2N2O2. The molecule has 2 rings (SSSR count). The molecule has 1 aromatic carbocycles. The van der Waals surface area contributed by atoms with Crippen LogP contribution in [-0.4, -0.2) is 18.5 Å². The van der Waals surface area contributed by atoms with Crippen LogP contribution in [0.2, 0.25) is 0 Å². The van der Waals surface area contributed by atoms with Crippen molar-refractivity contribution in [2.24, 2.45) is 0 Å². The van der Waals surface area contributed by atoms with Crippen molar-refractivity contribution in [2.75, 3.05) is 11.4 Å². The molecule has 1 heterocycles. The Kier molecular flexibility index (Phi) is 3.14. The highest BCUT2D eigenvalue weighted by Crippen LogP contribution is 2.23. The minimum absolute atomic E-state index is 0.0842. The summed E-state index contributed by atoms with van der Waals surface area (Å²) in [6.45, 7) is 0.0842. The van der Waals surface area contributed by atoms with Crippen LogP contribution >= 0.6 is 45.2 Å². The Morgan fingerprint density at radius 2 is 1.73 bits per heavy atom. The van der Waals surface area contributed by atoms with Crippen LogP contribution in [0.5, 0.6) is 0 Å². The van der Waals surface area contributed by atoms with E-state index in [0.717, 1.165) is 7.14 Å². The second kappa shape index (κ2) is 4.24. The molecule has 1 fully saturated rings. The summed E-state index contributed by atoms with van der Waals surface area (Å²) >= 11 is 4.31. The summed E-state index contributed by atoms with van der Waals surface area (Å²) in [5.74, 6) is -0.210. The van der Waals surface area contributed by atoms with Crippen molar-refractivity contribution in [1.82, 2.24) is 5.32 Å². The zero-order valence-corrected chi connectivity index (χ0v) is 11.8. The monoisotopic (exact) mass is 428 g/mol. The molecule has 1 aliphatic rings. The van der Waals surface area contributed by atoms with E-state index in [1.54, 1.807) is 0 Å². The topological polar surface area (TPSA) is 49.4 Å². The third kappa shape index (κ3) is 2.25. The van der Waals surface area contributed by atoms with Crippen LogP contribution in [-0.2, 0) is 4.79 Å². The van der Waals surface area contributed by atoms with Crippen LogP contribution in [0.1, 0.15) is 0 Å². The molecule has 6 heteroatoms. The van der Waals surface area contributed by atoms with Crippen molar-refractivity contribution >= 4 is 62.8 Å².